The molecule has 4 aromatic carbocycles. The Hall–Kier alpha value is -0.577. The fourth-order valence-electron chi connectivity index (χ4n) is 3.97. The van der Waals surface area contributed by atoms with Crippen molar-refractivity contribution in [2.75, 3.05) is 0 Å². The summed E-state index contributed by atoms with van der Waals surface area (Å²) in [6, 6.07) is 26.0. The van der Waals surface area contributed by atoms with E-state index in [-0.39, 0.29) is 26.6 Å². The van der Waals surface area contributed by atoms with Crippen LogP contribution < -0.4 is 10.6 Å². The van der Waals surface area contributed by atoms with Gasteiger partial charge in [-0.05, 0) is 43.3 Å². The van der Waals surface area contributed by atoms with Crippen molar-refractivity contribution in [3.05, 3.63) is 85.5 Å². The molecule has 0 saturated heterocycles. The average Bonchev–Trinajstić information content (AvgIpc) is 2.79. The third kappa shape index (κ3) is 7.71. The topological polar surface area (TPSA) is 23.8 Å². The van der Waals surface area contributed by atoms with Crippen molar-refractivity contribution in [3.8, 4) is 11.1 Å². The molecule has 3 atom stereocenters. The maximum absolute atomic E-state index is 7.61. The third-order valence-corrected chi connectivity index (χ3v) is 6.87. The number of hydrogen-bond donors (Lipinski definition) is 0. The van der Waals surface area contributed by atoms with E-state index in [1.807, 2.05) is 13.8 Å². The Kier molecular flexibility index (Phi) is 11.9. The van der Waals surface area contributed by atoms with Crippen molar-refractivity contribution in [1.29, 1.82) is 0 Å². The van der Waals surface area contributed by atoms with E-state index < -0.39 is 0 Å². The van der Waals surface area contributed by atoms with Gasteiger partial charge in [0.2, 0.25) is 0 Å². The molecule has 0 aliphatic carbocycles. The number of hydrogen-bond acceptors (Lipinski definition) is 0. The first-order valence-corrected chi connectivity index (χ1v) is 16.6. The van der Waals surface area contributed by atoms with Crippen LogP contribution >= 0.6 is 37.9 Å². The Labute approximate surface area is 225 Å². The zero-order valence-corrected chi connectivity index (χ0v) is 25.6. The van der Waals surface area contributed by atoms with Crippen LogP contribution in [0, 0.1) is 18.8 Å². The molecule has 0 amide bonds. The zero-order chi connectivity index (χ0) is 25.5. The van der Waals surface area contributed by atoms with Crippen molar-refractivity contribution in [3.63, 3.8) is 0 Å². The Morgan fingerprint density at radius 3 is 1.41 bits per heavy atom. The van der Waals surface area contributed by atoms with Gasteiger partial charge in [-0.15, -0.1) is 18.5 Å². The minimum absolute atomic E-state index is 0.234. The van der Waals surface area contributed by atoms with Gasteiger partial charge in [-0.3, -0.25) is 0 Å². The first kappa shape index (κ1) is 29.7. The van der Waals surface area contributed by atoms with Crippen molar-refractivity contribution in [2.24, 2.45) is 11.8 Å². The number of fused-ring (bicyclic) bond motifs is 2. The predicted molar refractivity (Wildman–Crippen MR) is 159 cm³/mol. The van der Waals surface area contributed by atoms with Gasteiger partial charge >= 0.3 is 34.5 Å². The van der Waals surface area contributed by atoms with Gasteiger partial charge in [-0.25, -0.2) is 0 Å². The van der Waals surface area contributed by atoms with Crippen LogP contribution in [0.2, 0.25) is 0 Å². The van der Waals surface area contributed by atoms with E-state index in [0.29, 0.717) is 5.92 Å². The van der Waals surface area contributed by atoms with Crippen LogP contribution in [0.4, 0.5) is 0 Å². The van der Waals surface area contributed by atoms with E-state index in [4.69, 9.17) is 25.1 Å². The summed E-state index contributed by atoms with van der Waals surface area (Å²) >= 11 is -0.346. The molecule has 0 heterocycles. The second kappa shape index (κ2) is 13.7. The molecular weight excluding hydrogens is 584 g/mol. The number of halogens is 2. The van der Waals surface area contributed by atoms with Gasteiger partial charge in [0.1, 0.15) is 0 Å². The number of rotatable bonds is 3. The van der Waals surface area contributed by atoms with Crippen LogP contribution in [0.3, 0.4) is 0 Å². The van der Waals surface area contributed by atoms with Gasteiger partial charge in [-0.2, -0.15) is 11.5 Å². The monoisotopic (exact) mass is 617 g/mol. The molecule has 4 aromatic rings. The van der Waals surface area contributed by atoms with Crippen molar-refractivity contribution >= 4 is 70.0 Å². The summed E-state index contributed by atoms with van der Waals surface area (Å²) < 4.78 is 0. The molecule has 4 rings (SSSR count). The first-order valence-electron chi connectivity index (χ1n) is 11.0. The predicted octanol–water partition coefficient (Wildman–Crippen LogP) is 8.96. The SMILES string of the molecule is Pc1ccc2ccccc2c1-c1c(P)ccc2ccccc12.[CH2-][C@@H](C(C)C)C(C)(C)[NH-].[Cl][Ru+2][Cl]. The minimum atomic E-state index is -0.381. The molecule has 0 saturated carbocycles. The molecule has 0 aliphatic rings. The van der Waals surface area contributed by atoms with Gasteiger partial charge in [-0.1, -0.05) is 106 Å². The second-order valence-corrected chi connectivity index (χ2v) is 13.0. The molecule has 0 spiro atoms. The molecule has 34 heavy (non-hydrogen) atoms. The summed E-state index contributed by atoms with van der Waals surface area (Å²) in [5, 5.41) is 7.63. The average molecular weight is 618 g/mol. The molecule has 2 unspecified atom stereocenters. The second-order valence-electron chi connectivity index (χ2n) is 9.12. The van der Waals surface area contributed by atoms with Crippen molar-refractivity contribution < 1.29 is 15.1 Å². The van der Waals surface area contributed by atoms with E-state index in [9.17, 15) is 0 Å². The molecule has 6 heteroatoms. The summed E-state index contributed by atoms with van der Waals surface area (Å²) in [6.07, 6.45) is 0. The van der Waals surface area contributed by atoms with Gasteiger partial charge in [0, 0.05) is 0 Å². The van der Waals surface area contributed by atoms with Crippen LogP contribution in [0.5, 0.6) is 0 Å². The number of nitrogens with one attached hydrogen (secondary N) is 1. The van der Waals surface area contributed by atoms with Gasteiger partial charge in [0.05, 0.1) is 0 Å². The molecule has 0 bridgehead atoms. The van der Waals surface area contributed by atoms with Crippen LogP contribution in [-0.4, -0.2) is 5.54 Å². The Morgan fingerprint density at radius 2 is 1.12 bits per heavy atom. The fourth-order valence-corrected chi connectivity index (χ4v) is 4.76. The quantitative estimate of drug-likeness (QED) is 0.125. The third-order valence-electron chi connectivity index (χ3n) is 5.90. The summed E-state index contributed by atoms with van der Waals surface area (Å²) in [5.41, 5.74) is 9.85. The summed E-state index contributed by atoms with van der Waals surface area (Å²) in [4.78, 5) is 0. The maximum atomic E-state index is 7.61. The Morgan fingerprint density at radius 1 is 0.765 bits per heavy atom. The number of benzene rings is 4. The summed E-state index contributed by atoms with van der Waals surface area (Å²) in [7, 11) is 15.5. The molecule has 0 aromatic heterocycles. The van der Waals surface area contributed by atoms with Crippen LogP contribution in [0.25, 0.3) is 38.4 Å². The molecule has 182 valence electrons. The summed E-state index contributed by atoms with van der Waals surface area (Å²) in [5.74, 6) is 0.745. The normalized spacial score (nSPS) is 12.1. The first-order chi connectivity index (χ1) is 16.0. The zero-order valence-electron chi connectivity index (χ0n) is 20.1. The molecule has 0 fully saturated rings. The molecule has 1 N–H and O–H groups in total. The van der Waals surface area contributed by atoms with Crippen molar-refractivity contribution in [2.45, 2.75) is 33.2 Å². The van der Waals surface area contributed by atoms with Crippen molar-refractivity contribution in [1.82, 2.24) is 0 Å². The molecule has 0 radical (unpaired) electrons. The fraction of sp³-hybridized carbons (Fsp3) is 0.250. The van der Waals surface area contributed by atoms with Gasteiger partial charge in [0.15, 0.2) is 0 Å². The van der Waals surface area contributed by atoms with E-state index in [2.05, 4.69) is 112 Å². The van der Waals surface area contributed by atoms with E-state index in [1.54, 1.807) is 0 Å². The Balaban J connectivity index is 0.000000288. The standard InChI is InChI=1S/C20H16P2.C8H17N.2ClH.Ru/c21-17-11-9-13-5-1-3-7-15(13)19(17)20-16-8-4-2-6-14(16)10-12-18(20)22;1-6(2)7(3)8(4,5)9;;;/h1-12H,21-22H2;6-7,9H,3H2,1-2,4-5H3;2*1H;/q;-2;;;+4/p-2/t;7-;;;/m.0.../s1. The van der Waals surface area contributed by atoms with E-state index in [0.717, 1.165) is 0 Å². The van der Waals surface area contributed by atoms with Crippen LogP contribution in [0.1, 0.15) is 27.7 Å². The molecular formula is C28H33Cl2NP2Ru. The van der Waals surface area contributed by atoms with Gasteiger partial charge < -0.3 is 12.7 Å². The molecule has 0 aliphatic heterocycles. The molecule has 1 nitrogen and oxygen atoms in total. The van der Waals surface area contributed by atoms with Gasteiger partial charge in [0.25, 0.3) is 0 Å². The summed E-state index contributed by atoms with van der Waals surface area (Å²) in [6.45, 7) is 11.9. The van der Waals surface area contributed by atoms with Crippen LogP contribution in [0.15, 0.2) is 72.8 Å². The van der Waals surface area contributed by atoms with E-state index in [1.165, 1.54) is 43.3 Å². The Bertz CT molecular complexity index is 1140. The van der Waals surface area contributed by atoms with E-state index >= 15 is 0 Å². The van der Waals surface area contributed by atoms with Crippen LogP contribution in [-0.2, 0) is 15.1 Å².